The summed E-state index contributed by atoms with van der Waals surface area (Å²) in [5.74, 6) is 0.286. The van der Waals surface area contributed by atoms with Crippen LogP contribution in [0, 0.1) is 0 Å². The Morgan fingerprint density at radius 3 is 2.25 bits per heavy atom. The number of pyridine rings is 1. The van der Waals surface area contributed by atoms with E-state index in [2.05, 4.69) is 43.3 Å². The van der Waals surface area contributed by atoms with E-state index in [1.807, 2.05) is 34.6 Å². The molecule has 150 valence electrons. The lowest BCUT2D eigenvalue weighted by Crippen LogP contribution is -2.53. The highest BCUT2D eigenvalue weighted by atomic mass is 32.1. The third-order valence-electron chi connectivity index (χ3n) is 5.62. The van der Waals surface area contributed by atoms with E-state index < -0.39 is 0 Å². The maximum atomic E-state index is 12.7. The van der Waals surface area contributed by atoms with Gasteiger partial charge in [0.25, 0.3) is 0 Å². The van der Waals surface area contributed by atoms with Gasteiger partial charge in [0.2, 0.25) is 5.91 Å². The van der Waals surface area contributed by atoms with Gasteiger partial charge < -0.3 is 4.90 Å². The molecule has 2 fully saturated rings. The Morgan fingerprint density at radius 2 is 1.57 bits per heavy atom. The Bertz CT molecular complexity index is 723. The fourth-order valence-corrected chi connectivity index (χ4v) is 4.64. The summed E-state index contributed by atoms with van der Waals surface area (Å²) in [5, 5.41) is 2.13. The lowest BCUT2D eigenvalue weighted by molar-refractivity contribution is -0.134. The zero-order valence-electron chi connectivity index (χ0n) is 16.4. The van der Waals surface area contributed by atoms with Crippen molar-refractivity contribution in [3.63, 3.8) is 0 Å². The van der Waals surface area contributed by atoms with Crippen LogP contribution in [0.5, 0.6) is 0 Å². The molecule has 0 N–H and O–H groups in total. The Labute approximate surface area is 171 Å². The van der Waals surface area contributed by atoms with Crippen molar-refractivity contribution in [3.05, 3.63) is 52.5 Å². The Morgan fingerprint density at radius 1 is 0.857 bits per heavy atom. The molecule has 2 aliphatic heterocycles. The number of amides is 1. The van der Waals surface area contributed by atoms with Gasteiger partial charge in [0.05, 0.1) is 12.2 Å². The Kier molecular flexibility index (Phi) is 6.69. The van der Waals surface area contributed by atoms with Crippen LogP contribution in [-0.4, -0.2) is 89.4 Å². The summed E-state index contributed by atoms with van der Waals surface area (Å²) in [6.45, 7) is 10.0. The van der Waals surface area contributed by atoms with Crippen LogP contribution < -0.4 is 0 Å². The standard InChI is InChI=1S/C21H29N5OS/c27-21(26-13-11-24(12-14-26)17-20-5-3-15-28-20)18-25-9-7-23(8-10-25)16-19-4-1-2-6-22-19/h1-6,15H,7-14,16-18H2. The van der Waals surface area contributed by atoms with Crippen molar-refractivity contribution in [2.45, 2.75) is 13.1 Å². The molecule has 7 heteroatoms. The number of piperazine rings is 2. The molecule has 0 spiro atoms. The van der Waals surface area contributed by atoms with E-state index >= 15 is 0 Å². The molecule has 4 heterocycles. The van der Waals surface area contributed by atoms with Crippen molar-refractivity contribution in [2.75, 3.05) is 58.9 Å². The number of carbonyl (C=O) groups excluding carboxylic acids is 1. The summed E-state index contributed by atoms with van der Waals surface area (Å²) in [5.41, 5.74) is 1.12. The normalized spacial score (nSPS) is 19.8. The van der Waals surface area contributed by atoms with Gasteiger partial charge in [-0.25, -0.2) is 0 Å². The van der Waals surface area contributed by atoms with E-state index in [1.54, 1.807) is 0 Å². The number of carbonyl (C=O) groups is 1. The molecule has 2 aromatic rings. The van der Waals surface area contributed by atoms with Crippen molar-refractivity contribution in [2.24, 2.45) is 0 Å². The van der Waals surface area contributed by atoms with Gasteiger partial charge in [0.1, 0.15) is 0 Å². The largest absolute Gasteiger partial charge is 0.339 e. The quantitative estimate of drug-likeness (QED) is 0.738. The fraction of sp³-hybridized carbons (Fsp3) is 0.524. The van der Waals surface area contributed by atoms with Crippen LogP contribution in [0.3, 0.4) is 0 Å². The average molecular weight is 400 g/mol. The number of aromatic nitrogens is 1. The molecular formula is C21H29N5OS. The molecule has 2 aliphatic rings. The van der Waals surface area contributed by atoms with E-state index in [9.17, 15) is 4.79 Å². The van der Waals surface area contributed by atoms with Gasteiger partial charge in [0, 0.05) is 76.5 Å². The summed E-state index contributed by atoms with van der Waals surface area (Å²) in [7, 11) is 0. The highest BCUT2D eigenvalue weighted by Gasteiger charge is 2.25. The monoisotopic (exact) mass is 399 g/mol. The second-order valence-electron chi connectivity index (χ2n) is 7.61. The first-order valence-electron chi connectivity index (χ1n) is 10.1. The van der Waals surface area contributed by atoms with Crippen molar-refractivity contribution in [1.29, 1.82) is 0 Å². The topological polar surface area (TPSA) is 42.9 Å². The summed E-state index contributed by atoms with van der Waals surface area (Å²) in [4.78, 5) is 27.7. The molecule has 0 aliphatic carbocycles. The van der Waals surface area contributed by atoms with Gasteiger partial charge >= 0.3 is 0 Å². The smallest absolute Gasteiger partial charge is 0.236 e. The maximum absolute atomic E-state index is 12.7. The molecule has 2 aromatic heterocycles. The lowest BCUT2D eigenvalue weighted by Gasteiger charge is -2.37. The van der Waals surface area contributed by atoms with Crippen LogP contribution in [0.15, 0.2) is 41.9 Å². The van der Waals surface area contributed by atoms with Crippen LogP contribution in [0.2, 0.25) is 0 Å². The third kappa shape index (κ3) is 5.38. The number of hydrogen-bond donors (Lipinski definition) is 0. The van der Waals surface area contributed by atoms with Crippen LogP contribution in [0.4, 0.5) is 0 Å². The first-order valence-corrected chi connectivity index (χ1v) is 11.0. The molecule has 0 atom stereocenters. The third-order valence-corrected chi connectivity index (χ3v) is 6.48. The van der Waals surface area contributed by atoms with E-state index in [1.165, 1.54) is 4.88 Å². The molecule has 0 saturated carbocycles. The fourth-order valence-electron chi connectivity index (χ4n) is 3.90. The molecule has 28 heavy (non-hydrogen) atoms. The SMILES string of the molecule is O=C(CN1CCN(Cc2ccccn2)CC1)N1CCN(Cc2cccs2)CC1. The minimum Gasteiger partial charge on any atom is -0.339 e. The van der Waals surface area contributed by atoms with Crippen molar-refractivity contribution in [3.8, 4) is 0 Å². The molecule has 4 rings (SSSR count). The Balaban J connectivity index is 1.16. The molecule has 0 unspecified atom stereocenters. The Hall–Kier alpha value is -1.80. The summed E-state index contributed by atoms with van der Waals surface area (Å²) in [6, 6.07) is 10.4. The average Bonchev–Trinajstić information content (AvgIpc) is 3.24. The molecule has 2 saturated heterocycles. The number of thiophene rings is 1. The van der Waals surface area contributed by atoms with E-state index in [-0.39, 0.29) is 5.91 Å². The highest BCUT2D eigenvalue weighted by molar-refractivity contribution is 7.09. The van der Waals surface area contributed by atoms with Crippen molar-refractivity contribution >= 4 is 17.2 Å². The van der Waals surface area contributed by atoms with Crippen LogP contribution in [-0.2, 0) is 17.9 Å². The van der Waals surface area contributed by atoms with Crippen LogP contribution >= 0.6 is 11.3 Å². The van der Waals surface area contributed by atoms with Crippen molar-refractivity contribution in [1.82, 2.24) is 24.6 Å². The van der Waals surface area contributed by atoms with Crippen LogP contribution in [0.1, 0.15) is 10.6 Å². The molecule has 0 radical (unpaired) electrons. The zero-order valence-corrected chi connectivity index (χ0v) is 17.2. The van der Waals surface area contributed by atoms with Gasteiger partial charge in [-0.15, -0.1) is 11.3 Å². The van der Waals surface area contributed by atoms with Gasteiger partial charge in [-0.3, -0.25) is 24.5 Å². The number of nitrogens with zero attached hydrogens (tertiary/aromatic N) is 5. The second-order valence-corrected chi connectivity index (χ2v) is 8.64. The van der Waals surface area contributed by atoms with Crippen molar-refractivity contribution < 1.29 is 4.79 Å². The number of hydrogen-bond acceptors (Lipinski definition) is 6. The van der Waals surface area contributed by atoms with E-state index in [0.29, 0.717) is 6.54 Å². The molecular weight excluding hydrogens is 370 g/mol. The predicted molar refractivity (Wildman–Crippen MR) is 112 cm³/mol. The zero-order chi connectivity index (χ0) is 19.2. The molecule has 0 bridgehead atoms. The highest BCUT2D eigenvalue weighted by Crippen LogP contribution is 2.14. The second kappa shape index (κ2) is 9.60. The summed E-state index contributed by atoms with van der Waals surface area (Å²) < 4.78 is 0. The summed E-state index contributed by atoms with van der Waals surface area (Å²) >= 11 is 1.81. The van der Waals surface area contributed by atoms with Gasteiger partial charge in [-0.2, -0.15) is 0 Å². The van der Waals surface area contributed by atoms with Crippen LogP contribution in [0.25, 0.3) is 0 Å². The van der Waals surface area contributed by atoms with E-state index in [4.69, 9.17) is 0 Å². The first kappa shape index (κ1) is 19.5. The first-order chi connectivity index (χ1) is 13.8. The lowest BCUT2D eigenvalue weighted by atomic mass is 10.2. The minimum atomic E-state index is 0.286. The molecule has 0 aromatic carbocycles. The number of rotatable bonds is 6. The van der Waals surface area contributed by atoms with E-state index in [0.717, 1.165) is 71.1 Å². The minimum absolute atomic E-state index is 0.286. The predicted octanol–water partition coefficient (Wildman–Crippen LogP) is 1.61. The van der Waals surface area contributed by atoms with Gasteiger partial charge in [0.15, 0.2) is 0 Å². The molecule has 6 nitrogen and oxygen atoms in total. The van der Waals surface area contributed by atoms with Gasteiger partial charge in [-0.05, 0) is 23.6 Å². The molecule has 1 amide bonds. The maximum Gasteiger partial charge on any atom is 0.236 e. The summed E-state index contributed by atoms with van der Waals surface area (Å²) in [6.07, 6.45) is 1.85. The van der Waals surface area contributed by atoms with Gasteiger partial charge in [-0.1, -0.05) is 12.1 Å².